The van der Waals surface area contributed by atoms with E-state index in [4.69, 9.17) is 4.79 Å². The number of halogens is 3. The van der Waals surface area contributed by atoms with Crippen molar-refractivity contribution in [2.24, 2.45) is 0 Å². The average molecular weight is 143 g/mol. The van der Waals surface area contributed by atoms with E-state index in [0.717, 1.165) is 6.47 Å². The van der Waals surface area contributed by atoms with Crippen molar-refractivity contribution in [1.82, 2.24) is 0 Å². The number of rotatable bonds is 3. The van der Waals surface area contributed by atoms with Crippen LogP contribution in [0.5, 0.6) is 0 Å². The first-order valence-corrected chi connectivity index (χ1v) is 2.00. The first kappa shape index (κ1) is 7.62. The highest BCUT2D eigenvalue weighted by Crippen LogP contribution is 2.17. The highest BCUT2D eigenvalue weighted by Gasteiger charge is 2.25. The predicted molar refractivity (Wildman–Crippen MR) is 22.4 cm³/mol. The Morgan fingerprint density at radius 1 is 1.75 bits per heavy atom. The maximum absolute atomic E-state index is 11.4. The molecule has 0 unspecified atom stereocenters. The van der Waals surface area contributed by atoms with Crippen LogP contribution in [-0.2, 0) is 9.53 Å². The molecule has 0 aliphatic carbocycles. The molecule has 0 saturated heterocycles. The van der Waals surface area contributed by atoms with Gasteiger partial charge in [-0.05, 0) is 11.6 Å². The molecular formula is C3H2ClF2O2. The zero-order chi connectivity index (χ0) is 6.62. The molecule has 0 aliphatic rings. The van der Waals surface area contributed by atoms with Gasteiger partial charge >= 0.3 is 11.9 Å². The Kier molecular flexibility index (Phi) is 2.68. The van der Waals surface area contributed by atoms with Crippen molar-refractivity contribution in [1.29, 1.82) is 0 Å². The van der Waals surface area contributed by atoms with Gasteiger partial charge in [-0.15, -0.1) is 0 Å². The Morgan fingerprint density at radius 2 is 2.25 bits per heavy atom. The minimum atomic E-state index is -3.46. The molecule has 47 valence electrons. The fourth-order valence-corrected chi connectivity index (χ4v) is 0.166. The molecule has 0 bridgehead atoms. The van der Waals surface area contributed by atoms with Crippen molar-refractivity contribution in [3.63, 3.8) is 0 Å². The van der Waals surface area contributed by atoms with E-state index in [2.05, 4.69) is 16.3 Å². The summed E-state index contributed by atoms with van der Waals surface area (Å²) in [6, 6.07) is 0. The largest absolute Gasteiger partial charge is 0.449 e. The molecular weight excluding hydrogens is 141 g/mol. The van der Waals surface area contributed by atoms with E-state index < -0.39 is 12.0 Å². The molecule has 0 aromatic carbocycles. The van der Waals surface area contributed by atoms with Crippen molar-refractivity contribution in [3.05, 3.63) is 0 Å². The second-order valence-electron chi connectivity index (χ2n) is 0.987. The summed E-state index contributed by atoms with van der Waals surface area (Å²) in [6.45, 7) is -0.317. The average Bonchev–Trinajstić information content (AvgIpc) is 1.59. The third kappa shape index (κ3) is 5.62. The first-order chi connectivity index (χ1) is 3.56. The number of ether oxygens (including phenoxy) is 1. The maximum atomic E-state index is 11.4. The summed E-state index contributed by atoms with van der Waals surface area (Å²) in [5, 5.41) is -3.46. The standard InChI is InChI=1S/C3H2ClF2O2/c4-3(5,6)1-8-2-7/h1H2. The third-order valence-electron chi connectivity index (χ3n) is 0.295. The molecule has 0 heterocycles. The Hall–Kier alpha value is -0.380. The van der Waals surface area contributed by atoms with Crippen LogP contribution in [0.25, 0.3) is 0 Å². The van der Waals surface area contributed by atoms with E-state index in [0.29, 0.717) is 0 Å². The summed E-state index contributed by atoms with van der Waals surface area (Å²) in [4.78, 5) is 9.11. The number of hydrogen-bond donors (Lipinski definition) is 0. The van der Waals surface area contributed by atoms with E-state index in [1.807, 2.05) is 0 Å². The van der Waals surface area contributed by atoms with Gasteiger partial charge in [-0.1, -0.05) is 0 Å². The smallest absolute Gasteiger partial charge is 0.417 e. The molecule has 0 aliphatic heterocycles. The van der Waals surface area contributed by atoms with Crippen LogP contribution in [-0.4, -0.2) is 18.5 Å². The fraction of sp³-hybridized carbons (Fsp3) is 0.667. The summed E-state index contributed by atoms with van der Waals surface area (Å²) in [5.41, 5.74) is 0. The lowest BCUT2D eigenvalue weighted by molar-refractivity contribution is 0.0328. The van der Waals surface area contributed by atoms with Gasteiger partial charge in [0.05, 0.1) is 0 Å². The van der Waals surface area contributed by atoms with Gasteiger partial charge in [0, 0.05) is 0 Å². The predicted octanol–water partition coefficient (Wildman–Crippen LogP) is 0.902. The lowest BCUT2D eigenvalue weighted by Gasteiger charge is -2.02. The Balaban J connectivity index is 3.24. The lowest BCUT2D eigenvalue weighted by Crippen LogP contribution is -2.14. The zero-order valence-corrected chi connectivity index (χ0v) is 4.41. The minimum absolute atomic E-state index is 0.810. The Morgan fingerprint density at radius 3 is 2.38 bits per heavy atom. The molecule has 0 atom stereocenters. The van der Waals surface area contributed by atoms with E-state index >= 15 is 0 Å². The lowest BCUT2D eigenvalue weighted by atomic mass is 10.8. The Bertz CT molecular complexity index is 79.8. The minimum Gasteiger partial charge on any atom is -0.449 e. The van der Waals surface area contributed by atoms with Gasteiger partial charge in [-0.25, -0.2) is 4.79 Å². The van der Waals surface area contributed by atoms with Crippen LogP contribution >= 0.6 is 11.6 Å². The van der Waals surface area contributed by atoms with Crippen LogP contribution < -0.4 is 0 Å². The van der Waals surface area contributed by atoms with Crippen molar-refractivity contribution in [3.8, 4) is 0 Å². The molecule has 0 spiro atoms. The van der Waals surface area contributed by atoms with Gasteiger partial charge < -0.3 is 4.74 Å². The SMILES string of the molecule is O=[C]OCC(F)(F)Cl. The highest BCUT2D eigenvalue weighted by atomic mass is 35.5. The molecule has 0 rings (SSSR count). The maximum Gasteiger partial charge on any atom is 0.417 e. The number of carbonyl (C=O) groups excluding carboxylic acids is 1. The summed E-state index contributed by atoms with van der Waals surface area (Å²) in [5.74, 6) is 0. The van der Waals surface area contributed by atoms with Crippen molar-refractivity contribution >= 4 is 18.1 Å². The normalized spacial score (nSPS) is 10.9. The van der Waals surface area contributed by atoms with Gasteiger partial charge in [0.25, 0.3) is 0 Å². The highest BCUT2D eigenvalue weighted by molar-refractivity contribution is 6.21. The zero-order valence-electron chi connectivity index (χ0n) is 3.66. The van der Waals surface area contributed by atoms with Crippen LogP contribution in [0.4, 0.5) is 8.78 Å². The van der Waals surface area contributed by atoms with Crippen molar-refractivity contribution < 1.29 is 18.3 Å². The van der Waals surface area contributed by atoms with E-state index in [9.17, 15) is 8.78 Å². The molecule has 0 aromatic rings. The molecule has 8 heavy (non-hydrogen) atoms. The van der Waals surface area contributed by atoms with Crippen molar-refractivity contribution in [2.75, 3.05) is 6.61 Å². The first-order valence-electron chi connectivity index (χ1n) is 1.62. The van der Waals surface area contributed by atoms with Gasteiger partial charge in [0.15, 0.2) is 6.61 Å². The van der Waals surface area contributed by atoms with Gasteiger partial charge in [-0.2, -0.15) is 8.78 Å². The van der Waals surface area contributed by atoms with Crippen molar-refractivity contribution in [2.45, 2.75) is 5.38 Å². The number of hydrogen-bond acceptors (Lipinski definition) is 2. The summed E-state index contributed by atoms with van der Waals surface area (Å²) in [6.07, 6.45) is 0. The van der Waals surface area contributed by atoms with Crippen LogP contribution in [0, 0.1) is 0 Å². The van der Waals surface area contributed by atoms with E-state index in [1.54, 1.807) is 0 Å². The second-order valence-corrected chi connectivity index (χ2v) is 1.54. The molecule has 0 aromatic heterocycles. The fourth-order valence-electron chi connectivity index (χ4n) is 0.111. The molecule has 5 heteroatoms. The topological polar surface area (TPSA) is 26.3 Å². The molecule has 0 fully saturated rings. The quantitative estimate of drug-likeness (QED) is 0.549. The van der Waals surface area contributed by atoms with Gasteiger partial charge in [0.2, 0.25) is 0 Å². The van der Waals surface area contributed by atoms with Crippen LogP contribution in [0.1, 0.15) is 0 Å². The monoisotopic (exact) mass is 143 g/mol. The van der Waals surface area contributed by atoms with Gasteiger partial charge in [0.1, 0.15) is 0 Å². The molecule has 0 N–H and O–H groups in total. The number of alkyl halides is 3. The molecule has 2 nitrogen and oxygen atoms in total. The molecule has 0 saturated carbocycles. The van der Waals surface area contributed by atoms with Crippen LogP contribution in [0.15, 0.2) is 0 Å². The van der Waals surface area contributed by atoms with Gasteiger partial charge in [-0.3, -0.25) is 0 Å². The van der Waals surface area contributed by atoms with E-state index in [-0.39, 0.29) is 0 Å². The summed E-state index contributed by atoms with van der Waals surface area (Å²) in [7, 11) is 0. The van der Waals surface area contributed by atoms with Crippen LogP contribution in [0.2, 0.25) is 0 Å². The molecule has 0 amide bonds. The van der Waals surface area contributed by atoms with E-state index in [1.165, 1.54) is 0 Å². The second kappa shape index (κ2) is 2.81. The summed E-state index contributed by atoms with van der Waals surface area (Å²) >= 11 is 4.27. The van der Waals surface area contributed by atoms with Crippen LogP contribution in [0.3, 0.4) is 0 Å². The Labute approximate surface area is 49.4 Å². The molecule has 1 radical (unpaired) electrons. The summed E-state index contributed by atoms with van der Waals surface area (Å²) < 4.78 is 26.3. The third-order valence-corrected chi connectivity index (χ3v) is 0.404.